The van der Waals surface area contributed by atoms with Gasteiger partial charge in [0, 0.05) is 38.6 Å². The Morgan fingerprint density at radius 1 is 0.981 bits per heavy atom. The van der Waals surface area contributed by atoms with E-state index in [1.54, 1.807) is 45.0 Å². The van der Waals surface area contributed by atoms with E-state index < -0.39 is 87.4 Å². The number of carbonyl (C=O) groups is 5. The Bertz CT molecular complexity index is 1660. The number of hydrogen-bond donors (Lipinski definition) is 4. The SMILES string of the molecule is C=CCNC(=O)C(=O)[C@H](CC(F)F)NC(=O)[C@@H]1[C@H]2CCC[C@H]2CN1C(=O)[C@@H](NC(=O)N[C@H](CN1Cc2ccccc2S1(=O)=O)C(C)(C)C)C(C)(C)C. The molecule has 1 aliphatic carbocycles. The molecular weight excluding hydrogens is 698 g/mol. The molecule has 0 aromatic heterocycles. The first-order valence-electron chi connectivity index (χ1n) is 17.6. The van der Waals surface area contributed by atoms with Gasteiger partial charge < -0.3 is 26.2 Å². The van der Waals surface area contributed by atoms with Gasteiger partial charge in [-0.05, 0) is 47.1 Å². The summed E-state index contributed by atoms with van der Waals surface area (Å²) in [5.41, 5.74) is -0.817. The molecule has 13 nitrogen and oxygen atoms in total. The summed E-state index contributed by atoms with van der Waals surface area (Å²) in [7, 11) is -3.79. The zero-order valence-electron chi connectivity index (χ0n) is 30.7. The number of fused-ring (bicyclic) bond motifs is 2. The highest BCUT2D eigenvalue weighted by atomic mass is 32.2. The lowest BCUT2D eigenvalue weighted by Crippen LogP contribution is -2.62. The Balaban J connectivity index is 1.54. The second-order valence-electron chi connectivity index (χ2n) is 16.1. The Morgan fingerprint density at radius 2 is 1.65 bits per heavy atom. The minimum absolute atomic E-state index is 0.0239. The molecule has 2 aliphatic heterocycles. The van der Waals surface area contributed by atoms with Crippen LogP contribution < -0.4 is 21.3 Å². The van der Waals surface area contributed by atoms with Crippen molar-refractivity contribution in [2.75, 3.05) is 19.6 Å². The monoisotopic (exact) mass is 750 g/mol. The van der Waals surface area contributed by atoms with Gasteiger partial charge in [0.15, 0.2) is 0 Å². The summed E-state index contributed by atoms with van der Waals surface area (Å²) in [5.74, 6) is -4.15. The van der Waals surface area contributed by atoms with Crippen LogP contribution in [0.15, 0.2) is 41.8 Å². The molecule has 288 valence electrons. The van der Waals surface area contributed by atoms with Gasteiger partial charge >= 0.3 is 6.03 Å². The summed E-state index contributed by atoms with van der Waals surface area (Å²) in [5, 5.41) is 10.3. The number of ketones is 1. The van der Waals surface area contributed by atoms with Crippen LogP contribution in [0.5, 0.6) is 0 Å². The average Bonchev–Trinajstić information content (AvgIpc) is 3.71. The zero-order valence-corrected chi connectivity index (χ0v) is 31.5. The number of rotatable bonds is 13. The second kappa shape index (κ2) is 16.0. The maximum atomic E-state index is 14.4. The van der Waals surface area contributed by atoms with Crippen LogP contribution in [0.25, 0.3) is 0 Å². The summed E-state index contributed by atoms with van der Waals surface area (Å²) in [4.78, 5) is 68.8. The average molecular weight is 751 g/mol. The molecule has 16 heteroatoms. The van der Waals surface area contributed by atoms with E-state index in [0.717, 1.165) is 12.8 Å². The molecule has 6 atom stereocenters. The van der Waals surface area contributed by atoms with Gasteiger partial charge in [0.25, 0.3) is 5.91 Å². The molecular formula is C36H52F2N6O7S. The Hall–Kier alpha value is -3.92. The van der Waals surface area contributed by atoms with Crippen LogP contribution in [0.4, 0.5) is 13.6 Å². The molecule has 2 heterocycles. The number of amides is 5. The first-order valence-corrected chi connectivity index (χ1v) is 19.1. The van der Waals surface area contributed by atoms with E-state index in [4.69, 9.17) is 0 Å². The fraction of sp³-hybridized carbons (Fsp3) is 0.639. The fourth-order valence-corrected chi connectivity index (χ4v) is 8.94. The highest BCUT2D eigenvalue weighted by molar-refractivity contribution is 7.89. The zero-order chi connectivity index (χ0) is 38.8. The minimum atomic E-state index is -3.79. The van der Waals surface area contributed by atoms with E-state index >= 15 is 0 Å². The van der Waals surface area contributed by atoms with Crippen molar-refractivity contribution in [1.82, 2.24) is 30.5 Å². The largest absolute Gasteiger partial charge is 0.346 e. The molecule has 3 aliphatic rings. The van der Waals surface area contributed by atoms with Crippen molar-refractivity contribution >= 4 is 39.6 Å². The van der Waals surface area contributed by atoms with E-state index in [9.17, 15) is 41.2 Å². The first-order chi connectivity index (χ1) is 24.2. The van der Waals surface area contributed by atoms with Crippen molar-refractivity contribution < 1.29 is 41.2 Å². The smallest absolute Gasteiger partial charge is 0.315 e. The normalized spacial score (nSPS) is 22.9. The molecule has 5 amide bonds. The summed E-state index contributed by atoms with van der Waals surface area (Å²) >= 11 is 0. The van der Waals surface area contributed by atoms with Crippen LogP contribution >= 0.6 is 0 Å². The fourth-order valence-electron chi connectivity index (χ4n) is 7.29. The predicted molar refractivity (Wildman–Crippen MR) is 189 cm³/mol. The lowest BCUT2D eigenvalue weighted by atomic mass is 9.85. The number of likely N-dealkylation sites (tertiary alicyclic amines) is 1. The van der Waals surface area contributed by atoms with Crippen molar-refractivity contribution in [3.8, 4) is 0 Å². The van der Waals surface area contributed by atoms with Crippen molar-refractivity contribution in [2.45, 2.75) is 109 Å². The topological polar surface area (TPSA) is 174 Å². The minimum Gasteiger partial charge on any atom is -0.346 e. The molecule has 0 unspecified atom stereocenters. The van der Waals surface area contributed by atoms with Crippen LogP contribution in [-0.4, -0.2) is 97.4 Å². The van der Waals surface area contributed by atoms with Gasteiger partial charge in [-0.1, -0.05) is 72.2 Å². The third kappa shape index (κ3) is 9.17. The van der Waals surface area contributed by atoms with Crippen molar-refractivity contribution in [2.24, 2.45) is 22.7 Å². The van der Waals surface area contributed by atoms with Crippen LogP contribution in [0.2, 0.25) is 0 Å². The summed E-state index contributed by atoms with van der Waals surface area (Å²) in [6, 6.07) is 1.23. The number of alkyl halides is 2. The number of halogens is 2. The van der Waals surface area contributed by atoms with Gasteiger partial charge in [-0.25, -0.2) is 22.0 Å². The van der Waals surface area contributed by atoms with Gasteiger partial charge in [-0.15, -0.1) is 6.58 Å². The van der Waals surface area contributed by atoms with Gasteiger partial charge in [-0.3, -0.25) is 19.2 Å². The predicted octanol–water partition coefficient (Wildman–Crippen LogP) is 2.96. The van der Waals surface area contributed by atoms with E-state index in [1.807, 2.05) is 20.8 Å². The summed E-state index contributed by atoms with van der Waals surface area (Å²) in [6.45, 7) is 14.5. The quantitative estimate of drug-likeness (QED) is 0.177. The number of carbonyl (C=O) groups excluding carboxylic acids is 5. The molecule has 1 aromatic carbocycles. The number of Topliss-reactive ketones (excluding diaryl/α,β-unsaturated/α-hetero) is 1. The molecule has 4 N–H and O–H groups in total. The molecule has 0 bridgehead atoms. The molecule has 1 aromatic rings. The van der Waals surface area contributed by atoms with Crippen LogP contribution in [0.3, 0.4) is 0 Å². The van der Waals surface area contributed by atoms with E-state index in [1.165, 1.54) is 15.3 Å². The number of hydrogen-bond acceptors (Lipinski definition) is 7. The van der Waals surface area contributed by atoms with Crippen molar-refractivity contribution in [1.29, 1.82) is 0 Å². The van der Waals surface area contributed by atoms with E-state index in [-0.39, 0.29) is 42.9 Å². The molecule has 2 fully saturated rings. The lowest BCUT2D eigenvalue weighted by Gasteiger charge is -2.38. The Labute approximate surface area is 304 Å². The Morgan fingerprint density at radius 3 is 2.25 bits per heavy atom. The van der Waals surface area contributed by atoms with Crippen LogP contribution in [0, 0.1) is 22.7 Å². The van der Waals surface area contributed by atoms with Crippen LogP contribution in [-0.2, 0) is 35.7 Å². The summed E-state index contributed by atoms with van der Waals surface area (Å²) in [6.07, 6.45) is -0.675. The number of sulfonamides is 1. The molecule has 52 heavy (non-hydrogen) atoms. The van der Waals surface area contributed by atoms with Gasteiger partial charge in [-0.2, -0.15) is 4.31 Å². The van der Waals surface area contributed by atoms with Crippen LogP contribution in [0.1, 0.15) is 72.8 Å². The van der Waals surface area contributed by atoms with E-state index in [2.05, 4.69) is 27.8 Å². The lowest BCUT2D eigenvalue weighted by molar-refractivity contribution is -0.145. The number of nitrogens with zero attached hydrogens (tertiary/aromatic N) is 2. The van der Waals surface area contributed by atoms with Gasteiger partial charge in [0.05, 0.1) is 4.90 Å². The molecule has 1 saturated heterocycles. The highest BCUT2D eigenvalue weighted by Crippen LogP contribution is 2.43. The first kappa shape index (κ1) is 40.8. The van der Waals surface area contributed by atoms with Crippen molar-refractivity contribution in [3.63, 3.8) is 0 Å². The molecule has 0 spiro atoms. The van der Waals surface area contributed by atoms with E-state index in [0.29, 0.717) is 12.0 Å². The number of urea groups is 1. The van der Waals surface area contributed by atoms with Gasteiger partial charge in [0.1, 0.15) is 18.1 Å². The standard InChI is InChI=1S/C36H52F2N6O7S/c1-8-16-39-32(47)29(45)24(17-27(37)38)40-31(46)28-23-14-11-13-21(23)19-44(28)33(48)30(36(5,6)7)42-34(49)41-26(35(2,3)4)20-43-18-22-12-9-10-15-25(22)52(43,50)51/h8-10,12,15,21,23-24,26-28,30H,1,11,13-14,16-20H2,2-7H3,(H,39,47)(H,40,46)(H2,41,42,49)/t21-,23-,24-,26+,28-,30+/m0/s1. The third-order valence-corrected chi connectivity index (χ3v) is 12.1. The maximum absolute atomic E-state index is 14.4. The summed E-state index contributed by atoms with van der Waals surface area (Å²) < 4.78 is 55.0. The molecule has 1 saturated carbocycles. The number of benzene rings is 1. The highest BCUT2D eigenvalue weighted by Gasteiger charge is 2.52. The third-order valence-electron chi connectivity index (χ3n) is 10.2. The molecule has 4 rings (SSSR count). The number of nitrogens with one attached hydrogen (secondary N) is 4. The van der Waals surface area contributed by atoms with Gasteiger partial charge in [0.2, 0.25) is 34.0 Å². The molecule has 0 radical (unpaired) electrons. The maximum Gasteiger partial charge on any atom is 0.315 e. The van der Waals surface area contributed by atoms with Crippen molar-refractivity contribution in [3.05, 3.63) is 42.5 Å². The Kier molecular flexibility index (Phi) is 12.6. The second-order valence-corrected chi connectivity index (χ2v) is 18.0.